The highest BCUT2D eigenvalue weighted by atomic mass is 16.6. The maximum Gasteiger partial charge on any atom is 0.306 e. The van der Waals surface area contributed by atoms with Crippen LogP contribution in [0.5, 0.6) is 0 Å². The minimum atomic E-state index is -0.806. The topological polar surface area (TPSA) is 78.9 Å². The lowest BCUT2D eigenvalue weighted by Crippen LogP contribution is -2.30. The molecule has 6 nitrogen and oxygen atoms in total. The van der Waals surface area contributed by atoms with Crippen LogP contribution in [0.1, 0.15) is 303 Å². The standard InChI is InChI=1S/C71H120O6/c1-4-7-10-13-16-19-22-25-26-27-28-29-30-31-32-33-34-35-36-37-38-39-40-41-42-43-44-47-49-52-55-58-61-64-70(73)76-67-68(77-71(74)65-62-59-56-53-50-46-24-21-18-15-12-9-6-3)66-75-69(72)63-60-57-54-51-48-45-23-20-17-14-11-8-5-2/h8-9,11-12,17-18,20-22,25,27-28,30-31,45-46,48,50,68H,4-7,10,13-16,19,23-24,26,29,32-44,47,49,51-67H2,1-3H3/b11-8-,12-9-,20-17-,21-18-,25-22-,28-27-,31-30-,48-45-,50-46-. The van der Waals surface area contributed by atoms with Gasteiger partial charge in [-0.15, -0.1) is 0 Å². The molecule has 0 aliphatic heterocycles. The Hall–Kier alpha value is -3.93. The Bertz CT molecular complexity index is 1560. The molecule has 0 aliphatic carbocycles. The van der Waals surface area contributed by atoms with Gasteiger partial charge in [0.15, 0.2) is 6.10 Å². The van der Waals surface area contributed by atoms with Crippen LogP contribution in [0.2, 0.25) is 0 Å². The van der Waals surface area contributed by atoms with Gasteiger partial charge < -0.3 is 14.2 Å². The zero-order chi connectivity index (χ0) is 55.7. The summed E-state index contributed by atoms with van der Waals surface area (Å²) in [5.74, 6) is -0.955. The fourth-order valence-electron chi connectivity index (χ4n) is 8.95. The number of rotatable bonds is 58. The fourth-order valence-corrected chi connectivity index (χ4v) is 8.95. The van der Waals surface area contributed by atoms with E-state index in [1.807, 2.05) is 0 Å². The van der Waals surface area contributed by atoms with Gasteiger partial charge in [-0.25, -0.2) is 0 Å². The molecule has 0 amide bonds. The van der Waals surface area contributed by atoms with Crippen LogP contribution in [0.4, 0.5) is 0 Å². The van der Waals surface area contributed by atoms with Crippen LogP contribution in [-0.2, 0) is 28.6 Å². The number of carbonyl (C=O) groups excluding carboxylic acids is 3. The molecule has 77 heavy (non-hydrogen) atoms. The summed E-state index contributed by atoms with van der Waals surface area (Å²) in [5.41, 5.74) is 0. The molecule has 0 fully saturated rings. The van der Waals surface area contributed by atoms with E-state index in [2.05, 4.69) is 130 Å². The highest BCUT2D eigenvalue weighted by molar-refractivity contribution is 5.71. The van der Waals surface area contributed by atoms with Crippen LogP contribution in [0, 0.1) is 0 Å². The van der Waals surface area contributed by atoms with Crippen molar-refractivity contribution in [2.24, 2.45) is 0 Å². The van der Waals surface area contributed by atoms with Gasteiger partial charge in [-0.05, 0) is 122 Å². The second-order valence-corrected chi connectivity index (χ2v) is 21.3. The minimum absolute atomic E-state index is 0.0987. The van der Waals surface area contributed by atoms with Crippen LogP contribution in [0.3, 0.4) is 0 Å². The number of esters is 3. The van der Waals surface area contributed by atoms with Crippen molar-refractivity contribution in [2.45, 2.75) is 309 Å². The van der Waals surface area contributed by atoms with Gasteiger partial charge in [-0.2, -0.15) is 0 Å². The van der Waals surface area contributed by atoms with Gasteiger partial charge >= 0.3 is 17.9 Å². The predicted octanol–water partition coefficient (Wildman–Crippen LogP) is 22.2. The van der Waals surface area contributed by atoms with Crippen molar-refractivity contribution in [3.05, 3.63) is 109 Å². The van der Waals surface area contributed by atoms with Crippen LogP contribution >= 0.6 is 0 Å². The largest absolute Gasteiger partial charge is 0.462 e. The Balaban J connectivity index is 4.14. The summed E-state index contributed by atoms with van der Waals surface area (Å²) in [6.45, 7) is 6.36. The predicted molar refractivity (Wildman–Crippen MR) is 334 cm³/mol. The van der Waals surface area contributed by atoms with E-state index in [4.69, 9.17) is 14.2 Å². The second kappa shape index (κ2) is 64.6. The van der Waals surface area contributed by atoms with Gasteiger partial charge in [0.25, 0.3) is 0 Å². The van der Waals surface area contributed by atoms with Crippen LogP contribution in [-0.4, -0.2) is 37.2 Å². The molecule has 1 unspecified atom stereocenters. The highest BCUT2D eigenvalue weighted by Gasteiger charge is 2.19. The molecule has 0 aromatic carbocycles. The average molecular weight is 1070 g/mol. The third kappa shape index (κ3) is 62.8. The Kier molecular flexibility index (Phi) is 61.3. The van der Waals surface area contributed by atoms with Crippen molar-refractivity contribution in [3.63, 3.8) is 0 Å². The zero-order valence-corrected chi connectivity index (χ0v) is 50.4. The SMILES string of the molecule is CC/C=C\C/C=C\C/C=C\CCCCCC(=O)OCC(COC(=O)CCCCCCCCCCCCCCCCCCCC/C=C\C/C=C\C/C=C\CCCCCCC)OC(=O)CCCCC/C=C\C/C=C\C/C=C\CC. The third-order valence-electron chi connectivity index (χ3n) is 13.7. The lowest BCUT2D eigenvalue weighted by molar-refractivity contribution is -0.167. The third-order valence-corrected chi connectivity index (χ3v) is 13.7. The molecule has 0 saturated heterocycles. The Morgan fingerprint density at radius 2 is 0.506 bits per heavy atom. The molecule has 0 aliphatic rings. The molecular weight excluding hydrogens is 949 g/mol. The van der Waals surface area contributed by atoms with E-state index in [-0.39, 0.29) is 37.5 Å². The Labute approximate surface area is 476 Å². The van der Waals surface area contributed by atoms with E-state index < -0.39 is 6.10 Å². The first kappa shape index (κ1) is 73.1. The number of ether oxygens (including phenoxy) is 3. The van der Waals surface area contributed by atoms with E-state index in [0.29, 0.717) is 12.8 Å². The summed E-state index contributed by atoms with van der Waals surface area (Å²) in [4.78, 5) is 38.2. The van der Waals surface area contributed by atoms with Gasteiger partial charge in [-0.1, -0.05) is 271 Å². The van der Waals surface area contributed by atoms with Crippen LogP contribution in [0.25, 0.3) is 0 Å². The number of hydrogen-bond donors (Lipinski definition) is 0. The van der Waals surface area contributed by atoms with Crippen molar-refractivity contribution in [3.8, 4) is 0 Å². The van der Waals surface area contributed by atoms with Crippen molar-refractivity contribution in [1.82, 2.24) is 0 Å². The second-order valence-electron chi connectivity index (χ2n) is 21.3. The summed E-state index contributed by atoms with van der Waals surface area (Å²) in [6.07, 6.45) is 88.4. The van der Waals surface area contributed by atoms with E-state index in [1.54, 1.807) is 0 Å². The Morgan fingerprint density at radius 3 is 0.805 bits per heavy atom. The minimum Gasteiger partial charge on any atom is -0.462 e. The quantitative estimate of drug-likeness (QED) is 0.0261. The first-order chi connectivity index (χ1) is 38.0. The highest BCUT2D eigenvalue weighted by Crippen LogP contribution is 2.16. The molecule has 0 aromatic rings. The maximum atomic E-state index is 12.8. The smallest absolute Gasteiger partial charge is 0.306 e. The number of hydrogen-bond acceptors (Lipinski definition) is 6. The molecule has 0 N–H and O–H groups in total. The van der Waals surface area contributed by atoms with Crippen molar-refractivity contribution in [1.29, 1.82) is 0 Å². The Morgan fingerprint density at radius 1 is 0.273 bits per heavy atom. The van der Waals surface area contributed by atoms with Crippen molar-refractivity contribution < 1.29 is 28.6 Å². The fraction of sp³-hybridized carbons (Fsp3) is 0.704. The molecule has 0 aromatic heterocycles. The average Bonchev–Trinajstić information content (AvgIpc) is 3.43. The summed E-state index contributed by atoms with van der Waals surface area (Å²) in [7, 11) is 0. The van der Waals surface area contributed by atoms with Gasteiger partial charge in [-0.3, -0.25) is 14.4 Å². The first-order valence-electron chi connectivity index (χ1n) is 32.4. The maximum absolute atomic E-state index is 12.8. The molecule has 440 valence electrons. The molecule has 1 atom stereocenters. The van der Waals surface area contributed by atoms with E-state index in [9.17, 15) is 14.4 Å². The lowest BCUT2D eigenvalue weighted by atomic mass is 10.0. The van der Waals surface area contributed by atoms with Crippen LogP contribution in [0.15, 0.2) is 109 Å². The first-order valence-corrected chi connectivity index (χ1v) is 32.4. The summed E-state index contributed by atoms with van der Waals surface area (Å²) >= 11 is 0. The molecular formula is C71H120O6. The molecule has 0 bridgehead atoms. The molecule has 0 saturated carbocycles. The monoisotopic (exact) mass is 1070 g/mol. The number of unbranched alkanes of at least 4 members (excludes halogenated alkanes) is 29. The van der Waals surface area contributed by atoms with E-state index >= 15 is 0 Å². The molecule has 6 heteroatoms. The summed E-state index contributed by atoms with van der Waals surface area (Å²) in [5, 5.41) is 0. The van der Waals surface area contributed by atoms with Gasteiger partial charge in [0.05, 0.1) is 0 Å². The van der Waals surface area contributed by atoms with Crippen molar-refractivity contribution >= 4 is 17.9 Å². The van der Waals surface area contributed by atoms with Gasteiger partial charge in [0.2, 0.25) is 0 Å². The van der Waals surface area contributed by atoms with Crippen LogP contribution < -0.4 is 0 Å². The lowest BCUT2D eigenvalue weighted by Gasteiger charge is -2.18. The normalized spacial score (nSPS) is 12.8. The zero-order valence-electron chi connectivity index (χ0n) is 50.4. The molecule has 0 rings (SSSR count). The number of allylic oxidation sites excluding steroid dienone is 18. The molecule has 0 heterocycles. The van der Waals surface area contributed by atoms with E-state index in [1.165, 1.54) is 141 Å². The summed E-state index contributed by atoms with van der Waals surface area (Å²) < 4.78 is 16.8. The molecule has 0 spiro atoms. The van der Waals surface area contributed by atoms with E-state index in [0.717, 1.165) is 122 Å². The number of carbonyl (C=O) groups is 3. The molecule has 0 radical (unpaired) electrons. The summed E-state index contributed by atoms with van der Waals surface area (Å²) in [6, 6.07) is 0. The van der Waals surface area contributed by atoms with Gasteiger partial charge in [0.1, 0.15) is 13.2 Å². The van der Waals surface area contributed by atoms with Gasteiger partial charge in [0, 0.05) is 19.3 Å². The van der Waals surface area contributed by atoms with Crippen molar-refractivity contribution in [2.75, 3.05) is 13.2 Å².